The number of hydrogen-bond acceptors (Lipinski definition) is 8. The van der Waals surface area contributed by atoms with Crippen molar-refractivity contribution in [3.8, 4) is 11.5 Å². The third kappa shape index (κ3) is 6.72. The van der Waals surface area contributed by atoms with E-state index in [-0.39, 0.29) is 29.9 Å². The number of rotatable bonds is 11. The number of aromatic carboxylic acids is 1. The van der Waals surface area contributed by atoms with Crippen LogP contribution in [0.3, 0.4) is 0 Å². The van der Waals surface area contributed by atoms with Crippen LogP contribution in [0.15, 0.2) is 87.8 Å². The first kappa shape index (κ1) is 31.7. The summed E-state index contributed by atoms with van der Waals surface area (Å²) >= 11 is 7.64. The van der Waals surface area contributed by atoms with E-state index >= 15 is 0 Å². The SMILES string of the molecule is CCCC1=C(C(=O)OCC)[C@@H](c2cc(Cl)ccc2OC)n2c(s/c(=C/c3ccccc3OCc3ccc(C(=O)O)cc3)c2=O)=N1. The number of carbonyl (C=O) groups excluding carboxylic acids is 1. The van der Waals surface area contributed by atoms with Crippen molar-refractivity contribution in [1.82, 2.24) is 4.57 Å². The Morgan fingerprint density at radius 2 is 1.82 bits per heavy atom. The van der Waals surface area contributed by atoms with Crippen LogP contribution in [0.4, 0.5) is 0 Å². The molecule has 0 saturated heterocycles. The van der Waals surface area contributed by atoms with Crippen LogP contribution in [0.25, 0.3) is 6.08 Å². The van der Waals surface area contributed by atoms with Crippen LogP contribution in [0.2, 0.25) is 5.02 Å². The van der Waals surface area contributed by atoms with Crippen molar-refractivity contribution < 1.29 is 28.9 Å². The Kier molecular flexibility index (Phi) is 9.85. The molecule has 0 bridgehead atoms. The zero-order valence-corrected chi connectivity index (χ0v) is 26.5. The Hall–Kier alpha value is -4.67. The van der Waals surface area contributed by atoms with Gasteiger partial charge in [-0.25, -0.2) is 14.6 Å². The second kappa shape index (κ2) is 14.0. The van der Waals surface area contributed by atoms with Crippen LogP contribution >= 0.6 is 22.9 Å². The molecule has 232 valence electrons. The van der Waals surface area contributed by atoms with Crippen molar-refractivity contribution in [3.63, 3.8) is 0 Å². The van der Waals surface area contributed by atoms with Crippen LogP contribution in [0, 0.1) is 0 Å². The average molecular weight is 647 g/mol. The van der Waals surface area contributed by atoms with Crippen LogP contribution in [-0.4, -0.2) is 35.3 Å². The zero-order chi connectivity index (χ0) is 32.1. The molecule has 1 atom stereocenters. The largest absolute Gasteiger partial charge is 0.496 e. The summed E-state index contributed by atoms with van der Waals surface area (Å²) in [5, 5.41) is 9.59. The number of hydrogen-bond donors (Lipinski definition) is 1. The minimum absolute atomic E-state index is 0.159. The molecule has 0 amide bonds. The Bertz CT molecular complexity index is 1960. The standard InChI is InChI=1S/C34H31ClN2O7S/c1-4-8-25-29(33(41)43-5-2)30(24-18-23(35)15-16-27(24)42-3)37-31(38)28(45-34(37)36-25)17-22-9-6-7-10-26(22)44-19-20-11-13-21(14-12-20)32(39)40/h6-7,9-18,30H,4-5,8,19H2,1-3H3,(H,39,40)/b28-17+/t30-/m1/s1. The van der Waals surface area contributed by atoms with E-state index in [9.17, 15) is 14.4 Å². The van der Waals surface area contributed by atoms with E-state index in [0.29, 0.717) is 49.1 Å². The lowest BCUT2D eigenvalue weighted by Crippen LogP contribution is -2.40. The Morgan fingerprint density at radius 3 is 2.51 bits per heavy atom. The minimum atomic E-state index is -0.999. The number of methoxy groups -OCH3 is 1. The summed E-state index contributed by atoms with van der Waals surface area (Å²) in [5.41, 5.74) is 2.67. The van der Waals surface area contributed by atoms with Crippen LogP contribution in [0.5, 0.6) is 11.5 Å². The van der Waals surface area contributed by atoms with Crippen molar-refractivity contribution >= 4 is 41.0 Å². The summed E-state index contributed by atoms with van der Waals surface area (Å²) in [6.45, 7) is 4.08. The molecule has 45 heavy (non-hydrogen) atoms. The second-order valence-electron chi connectivity index (χ2n) is 10.1. The first-order valence-electron chi connectivity index (χ1n) is 14.3. The highest BCUT2D eigenvalue weighted by Gasteiger charge is 2.36. The zero-order valence-electron chi connectivity index (χ0n) is 24.9. The summed E-state index contributed by atoms with van der Waals surface area (Å²) in [6.07, 6.45) is 2.97. The molecule has 0 spiro atoms. The molecule has 0 unspecified atom stereocenters. The number of nitrogens with zero attached hydrogens (tertiary/aromatic N) is 2. The highest BCUT2D eigenvalue weighted by atomic mass is 35.5. The molecule has 1 N–H and O–H groups in total. The van der Waals surface area contributed by atoms with Crippen molar-refractivity contribution in [1.29, 1.82) is 0 Å². The van der Waals surface area contributed by atoms with Gasteiger partial charge in [-0.3, -0.25) is 9.36 Å². The molecule has 0 saturated carbocycles. The lowest BCUT2D eigenvalue weighted by Gasteiger charge is -2.27. The van der Waals surface area contributed by atoms with Gasteiger partial charge in [0.2, 0.25) is 0 Å². The van der Waals surface area contributed by atoms with E-state index in [1.54, 1.807) is 49.4 Å². The first-order valence-corrected chi connectivity index (χ1v) is 15.5. The summed E-state index contributed by atoms with van der Waals surface area (Å²) < 4.78 is 19.1. The number of benzene rings is 3. The van der Waals surface area contributed by atoms with Gasteiger partial charge in [-0.05, 0) is 61.4 Å². The van der Waals surface area contributed by atoms with Crippen molar-refractivity contribution in [2.24, 2.45) is 4.99 Å². The molecule has 0 fully saturated rings. The number of allylic oxidation sites excluding steroid dienone is 1. The number of carbonyl (C=O) groups is 2. The third-order valence-electron chi connectivity index (χ3n) is 7.18. The highest BCUT2D eigenvalue weighted by Crippen LogP contribution is 2.38. The van der Waals surface area contributed by atoms with Crippen LogP contribution in [-0.2, 0) is 16.1 Å². The Labute approximate surface area is 268 Å². The molecular weight excluding hydrogens is 616 g/mol. The average Bonchev–Trinajstić information content (AvgIpc) is 3.34. The number of carboxylic acids is 1. The lowest BCUT2D eigenvalue weighted by atomic mass is 9.93. The first-order chi connectivity index (χ1) is 21.7. The predicted molar refractivity (Wildman–Crippen MR) is 172 cm³/mol. The molecule has 1 aliphatic heterocycles. The van der Waals surface area contributed by atoms with Gasteiger partial charge in [0.25, 0.3) is 5.56 Å². The highest BCUT2D eigenvalue weighted by molar-refractivity contribution is 7.07. The Balaban J connectivity index is 1.63. The van der Waals surface area contributed by atoms with E-state index in [2.05, 4.69) is 0 Å². The summed E-state index contributed by atoms with van der Waals surface area (Å²) in [6, 6.07) is 18.0. The quantitative estimate of drug-likeness (QED) is 0.213. The van der Waals surface area contributed by atoms with Crippen LogP contribution in [0.1, 0.15) is 59.8 Å². The maximum absolute atomic E-state index is 14.2. The van der Waals surface area contributed by atoms with E-state index in [1.165, 1.54) is 35.1 Å². The van der Waals surface area contributed by atoms with Gasteiger partial charge in [0, 0.05) is 16.1 Å². The predicted octanol–water partition coefficient (Wildman–Crippen LogP) is 5.52. The van der Waals surface area contributed by atoms with Gasteiger partial charge in [-0.15, -0.1) is 0 Å². The molecule has 5 rings (SSSR count). The fraction of sp³-hybridized carbons (Fsp3) is 0.235. The van der Waals surface area contributed by atoms with E-state index in [1.807, 2.05) is 25.1 Å². The van der Waals surface area contributed by atoms with Crippen LogP contribution < -0.4 is 24.4 Å². The fourth-order valence-electron chi connectivity index (χ4n) is 5.11. The van der Waals surface area contributed by atoms with Crippen molar-refractivity contribution in [2.45, 2.75) is 39.3 Å². The van der Waals surface area contributed by atoms with E-state index in [0.717, 1.165) is 12.0 Å². The fourth-order valence-corrected chi connectivity index (χ4v) is 6.30. The molecular formula is C34H31ClN2O7S. The number of halogens is 1. The van der Waals surface area contributed by atoms with Crippen molar-refractivity contribution in [2.75, 3.05) is 13.7 Å². The van der Waals surface area contributed by atoms with Gasteiger partial charge in [0.05, 0.1) is 35.1 Å². The second-order valence-corrected chi connectivity index (χ2v) is 11.6. The molecule has 1 aromatic heterocycles. The summed E-state index contributed by atoms with van der Waals surface area (Å²) in [5.74, 6) is -0.547. The number of para-hydroxylation sites is 1. The molecule has 9 nitrogen and oxygen atoms in total. The number of aromatic nitrogens is 1. The normalized spacial score (nSPS) is 14.5. The monoisotopic (exact) mass is 646 g/mol. The van der Waals surface area contributed by atoms with Crippen molar-refractivity contribution in [3.05, 3.63) is 125 Å². The molecule has 2 heterocycles. The number of ether oxygens (including phenoxy) is 3. The molecule has 0 radical (unpaired) electrons. The third-order valence-corrected chi connectivity index (χ3v) is 8.40. The maximum atomic E-state index is 14.2. The topological polar surface area (TPSA) is 116 Å². The molecule has 3 aromatic carbocycles. The van der Waals surface area contributed by atoms with Gasteiger partial charge < -0.3 is 19.3 Å². The minimum Gasteiger partial charge on any atom is -0.496 e. The molecule has 0 aliphatic carbocycles. The summed E-state index contributed by atoms with van der Waals surface area (Å²) in [7, 11) is 1.52. The lowest BCUT2D eigenvalue weighted by molar-refractivity contribution is -0.139. The molecule has 1 aliphatic rings. The van der Waals surface area contributed by atoms with Gasteiger partial charge in [-0.1, -0.05) is 66.6 Å². The van der Waals surface area contributed by atoms with Gasteiger partial charge in [-0.2, -0.15) is 0 Å². The van der Waals surface area contributed by atoms with Gasteiger partial charge >= 0.3 is 11.9 Å². The maximum Gasteiger partial charge on any atom is 0.338 e. The van der Waals surface area contributed by atoms with Gasteiger partial charge in [0.15, 0.2) is 4.80 Å². The molecule has 11 heteroatoms. The number of esters is 1. The smallest absolute Gasteiger partial charge is 0.338 e. The van der Waals surface area contributed by atoms with E-state index < -0.39 is 18.0 Å². The number of fused-ring (bicyclic) bond motifs is 1. The summed E-state index contributed by atoms with van der Waals surface area (Å²) in [4.78, 5) is 44.1. The van der Waals surface area contributed by atoms with E-state index in [4.69, 9.17) is 35.9 Å². The number of carboxylic acid groups (broad SMARTS) is 1. The Morgan fingerprint density at radius 1 is 1.07 bits per heavy atom. The molecule has 4 aromatic rings. The number of thiazole rings is 1. The van der Waals surface area contributed by atoms with Gasteiger partial charge in [0.1, 0.15) is 24.1 Å².